The van der Waals surface area contributed by atoms with Crippen molar-refractivity contribution in [1.82, 2.24) is 15.0 Å². The van der Waals surface area contributed by atoms with Gasteiger partial charge in [-0.1, -0.05) is 48.4 Å². The Morgan fingerprint density at radius 3 is 2.72 bits per heavy atom. The molecular weight excluding hydrogens is 269 g/mol. The molecule has 5 heteroatoms. The van der Waals surface area contributed by atoms with E-state index in [1.807, 2.05) is 28.9 Å². The van der Waals surface area contributed by atoms with E-state index in [0.29, 0.717) is 12.4 Å². The first-order chi connectivity index (χ1) is 8.76. The first-order valence-electron chi connectivity index (χ1n) is 5.96. The molecule has 0 radical (unpaired) electrons. The normalized spacial score (nSPS) is 10.8. The molecule has 0 aliphatic heterocycles. The number of rotatable bonds is 5. The van der Waals surface area contributed by atoms with Gasteiger partial charge in [0.05, 0.1) is 18.1 Å². The third-order valence-corrected chi connectivity index (χ3v) is 3.43. The largest absolute Gasteiger partial charge is 0.245 e. The number of aromatic nitrogens is 3. The van der Waals surface area contributed by atoms with E-state index in [1.54, 1.807) is 0 Å². The second kappa shape index (κ2) is 6.21. The molecule has 0 amide bonds. The van der Waals surface area contributed by atoms with E-state index in [4.69, 9.17) is 23.2 Å². The quantitative estimate of drug-likeness (QED) is 0.784. The lowest BCUT2D eigenvalue weighted by Crippen LogP contribution is -2.07. The first kappa shape index (κ1) is 13.4. The van der Waals surface area contributed by atoms with E-state index >= 15 is 0 Å². The molecule has 0 atom stereocenters. The SMILES string of the molecule is CCCc1c(CCl)nnn1Cc1ccccc1Cl. The van der Waals surface area contributed by atoms with Crippen molar-refractivity contribution in [3.8, 4) is 0 Å². The van der Waals surface area contributed by atoms with Crippen LogP contribution in [-0.2, 0) is 18.8 Å². The average Bonchev–Trinajstić information content (AvgIpc) is 2.75. The van der Waals surface area contributed by atoms with Crippen LogP contribution in [0.3, 0.4) is 0 Å². The summed E-state index contributed by atoms with van der Waals surface area (Å²) >= 11 is 12.0. The Kier molecular flexibility index (Phi) is 4.61. The Morgan fingerprint density at radius 2 is 2.06 bits per heavy atom. The number of alkyl halides is 1. The van der Waals surface area contributed by atoms with Crippen LogP contribution in [-0.4, -0.2) is 15.0 Å². The van der Waals surface area contributed by atoms with Crippen LogP contribution in [0.2, 0.25) is 5.02 Å². The van der Waals surface area contributed by atoms with Gasteiger partial charge in [0.25, 0.3) is 0 Å². The van der Waals surface area contributed by atoms with Gasteiger partial charge in [0.2, 0.25) is 0 Å². The van der Waals surface area contributed by atoms with Gasteiger partial charge in [-0.15, -0.1) is 16.7 Å². The van der Waals surface area contributed by atoms with E-state index in [-0.39, 0.29) is 0 Å². The molecule has 1 aromatic carbocycles. The maximum absolute atomic E-state index is 6.16. The molecule has 1 heterocycles. The minimum Gasteiger partial charge on any atom is -0.245 e. The van der Waals surface area contributed by atoms with Crippen LogP contribution in [0.4, 0.5) is 0 Å². The maximum Gasteiger partial charge on any atom is 0.101 e. The fourth-order valence-electron chi connectivity index (χ4n) is 1.90. The summed E-state index contributed by atoms with van der Waals surface area (Å²) in [6.07, 6.45) is 1.97. The summed E-state index contributed by atoms with van der Waals surface area (Å²) in [7, 11) is 0. The Morgan fingerprint density at radius 1 is 1.28 bits per heavy atom. The zero-order valence-electron chi connectivity index (χ0n) is 10.2. The topological polar surface area (TPSA) is 30.7 Å². The third-order valence-electron chi connectivity index (χ3n) is 2.81. The summed E-state index contributed by atoms with van der Waals surface area (Å²) in [5, 5.41) is 9.04. The highest BCUT2D eigenvalue weighted by Gasteiger charge is 2.12. The van der Waals surface area contributed by atoms with Crippen molar-refractivity contribution < 1.29 is 0 Å². The third kappa shape index (κ3) is 2.85. The number of benzene rings is 1. The van der Waals surface area contributed by atoms with Gasteiger partial charge in [-0.05, 0) is 18.1 Å². The smallest absolute Gasteiger partial charge is 0.101 e. The van der Waals surface area contributed by atoms with Crippen LogP contribution in [0.1, 0.15) is 30.3 Å². The minimum absolute atomic E-state index is 0.401. The predicted molar refractivity (Wildman–Crippen MR) is 74.1 cm³/mol. The fraction of sp³-hybridized carbons (Fsp3) is 0.385. The summed E-state index contributed by atoms with van der Waals surface area (Å²) in [4.78, 5) is 0. The van der Waals surface area contributed by atoms with E-state index in [1.165, 1.54) is 0 Å². The molecule has 0 saturated heterocycles. The number of halogens is 2. The standard InChI is InChI=1S/C13H15Cl2N3/c1-2-5-13-12(8-14)16-17-18(13)9-10-6-3-4-7-11(10)15/h3-4,6-7H,2,5,8-9H2,1H3. The van der Waals surface area contributed by atoms with Gasteiger partial charge in [0.1, 0.15) is 5.69 Å². The minimum atomic E-state index is 0.401. The number of hydrogen-bond donors (Lipinski definition) is 0. The van der Waals surface area contributed by atoms with Gasteiger partial charge in [-0.25, -0.2) is 4.68 Å². The molecule has 0 bridgehead atoms. The van der Waals surface area contributed by atoms with Gasteiger partial charge in [-0.3, -0.25) is 0 Å². The van der Waals surface area contributed by atoms with Crippen LogP contribution in [0, 0.1) is 0 Å². The van der Waals surface area contributed by atoms with Crippen molar-refractivity contribution in [3.63, 3.8) is 0 Å². The average molecular weight is 284 g/mol. The van der Waals surface area contributed by atoms with Gasteiger partial charge in [0.15, 0.2) is 0 Å². The summed E-state index contributed by atoms with van der Waals surface area (Å²) in [6, 6.07) is 7.78. The summed E-state index contributed by atoms with van der Waals surface area (Å²) < 4.78 is 1.89. The molecular formula is C13H15Cl2N3. The van der Waals surface area contributed by atoms with Crippen molar-refractivity contribution >= 4 is 23.2 Å². The zero-order valence-corrected chi connectivity index (χ0v) is 11.7. The second-order valence-electron chi connectivity index (χ2n) is 4.12. The molecule has 96 valence electrons. The lowest BCUT2D eigenvalue weighted by atomic mass is 10.2. The van der Waals surface area contributed by atoms with E-state index in [0.717, 1.165) is 34.8 Å². The summed E-state index contributed by atoms with van der Waals surface area (Å²) in [6.45, 7) is 2.77. The molecule has 2 rings (SSSR count). The van der Waals surface area contributed by atoms with Gasteiger partial charge < -0.3 is 0 Å². The van der Waals surface area contributed by atoms with Gasteiger partial charge in [0, 0.05) is 5.02 Å². The molecule has 0 spiro atoms. The molecule has 0 unspecified atom stereocenters. The highest BCUT2D eigenvalue weighted by molar-refractivity contribution is 6.31. The number of nitrogens with zero attached hydrogens (tertiary/aromatic N) is 3. The van der Waals surface area contributed by atoms with E-state index in [9.17, 15) is 0 Å². The molecule has 18 heavy (non-hydrogen) atoms. The van der Waals surface area contributed by atoms with Crippen LogP contribution >= 0.6 is 23.2 Å². The van der Waals surface area contributed by atoms with Gasteiger partial charge >= 0.3 is 0 Å². The molecule has 0 fully saturated rings. The molecule has 2 aromatic rings. The van der Waals surface area contributed by atoms with Crippen LogP contribution in [0.25, 0.3) is 0 Å². The molecule has 0 N–H and O–H groups in total. The predicted octanol–water partition coefficient (Wildman–Crippen LogP) is 3.67. The van der Waals surface area contributed by atoms with Crippen molar-refractivity contribution in [3.05, 3.63) is 46.2 Å². The lowest BCUT2D eigenvalue weighted by Gasteiger charge is -2.08. The summed E-state index contributed by atoms with van der Waals surface area (Å²) in [5.74, 6) is 0.401. The Labute approximate surface area is 117 Å². The monoisotopic (exact) mass is 283 g/mol. The Bertz CT molecular complexity index is 523. The van der Waals surface area contributed by atoms with Crippen molar-refractivity contribution in [2.45, 2.75) is 32.2 Å². The summed E-state index contributed by atoms with van der Waals surface area (Å²) in [5.41, 5.74) is 3.01. The first-order valence-corrected chi connectivity index (χ1v) is 6.88. The van der Waals surface area contributed by atoms with Crippen molar-refractivity contribution in [1.29, 1.82) is 0 Å². The molecule has 1 aromatic heterocycles. The Balaban J connectivity index is 2.29. The molecule has 3 nitrogen and oxygen atoms in total. The fourth-order valence-corrected chi connectivity index (χ4v) is 2.30. The highest BCUT2D eigenvalue weighted by atomic mass is 35.5. The lowest BCUT2D eigenvalue weighted by molar-refractivity contribution is 0.613. The van der Waals surface area contributed by atoms with Gasteiger partial charge in [-0.2, -0.15) is 0 Å². The molecule has 0 saturated carbocycles. The van der Waals surface area contributed by atoms with E-state index < -0.39 is 0 Å². The molecule has 0 aliphatic carbocycles. The zero-order chi connectivity index (χ0) is 13.0. The maximum atomic E-state index is 6.16. The van der Waals surface area contributed by atoms with E-state index in [2.05, 4.69) is 17.2 Å². The molecule has 0 aliphatic rings. The van der Waals surface area contributed by atoms with Crippen molar-refractivity contribution in [2.75, 3.05) is 0 Å². The number of hydrogen-bond acceptors (Lipinski definition) is 2. The van der Waals surface area contributed by atoms with Crippen molar-refractivity contribution in [2.24, 2.45) is 0 Å². The highest BCUT2D eigenvalue weighted by Crippen LogP contribution is 2.18. The van der Waals surface area contributed by atoms with Crippen LogP contribution < -0.4 is 0 Å². The van der Waals surface area contributed by atoms with Crippen LogP contribution in [0.15, 0.2) is 24.3 Å². The van der Waals surface area contributed by atoms with Crippen LogP contribution in [0.5, 0.6) is 0 Å². The second-order valence-corrected chi connectivity index (χ2v) is 4.79. The Hall–Kier alpha value is -1.06.